The standard InChI is InChI=1S/C14H10F2O2/c1-8-2-4-11(14(17)18)12(6-8)10-5-3-9(15)7-13(10)16/h2-7H,1H3,(H,17,18). The SMILES string of the molecule is Cc1ccc(C(=O)O)c(-c2ccc(F)cc2F)c1. The molecule has 4 heteroatoms. The maximum absolute atomic E-state index is 13.7. The number of aryl methyl sites for hydroxylation is 1. The molecule has 0 heterocycles. The molecular weight excluding hydrogens is 238 g/mol. The molecule has 1 N–H and O–H groups in total. The Hall–Kier alpha value is -2.23. The quantitative estimate of drug-likeness (QED) is 0.880. The third-order valence-corrected chi connectivity index (χ3v) is 2.63. The Bertz CT molecular complexity index is 621. The lowest BCUT2D eigenvalue weighted by Gasteiger charge is -2.08. The van der Waals surface area contributed by atoms with E-state index in [1.807, 2.05) is 0 Å². The highest BCUT2D eigenvalue weighted by Crippen LogP contribution is 2.28. The maximum Gasteiger partial charge on any atom is 0.336 e. The van der Waals surface area contributed by atoms with Gasteiger partial charge in [0.25, 0.3) is 0 Å². The van der Waals surface area contributed by atoms with Crippen LogP contribution >= 0.6 is 0 Å². The van der Waals surface area contributed by atoms with Crippen LogP contribution in [-0.2, 0) is 0 Å². The van der Waals surface area contributed by atoms with Gasteiger partial charge in [-0.25, -0.2) is 13.6 Å². The molecular formula is C14H10F2O2. The number of aromatic carboxylic acids is 1. The predicted molar refractivity (Wildman–Crippen MR) is 63.5 cm³/mol. The van der Waals surface area contributed by atoms with Gasteiger partial charge in [0.2, 0.25) is 0 Å². The number of hydrogen-bond acceptors (Lipinski definition) is 1. The number of rotatable bonds is 2. The van der Waals surface area contributed by atoms with Crippen molar-refractivity contribution in [2.75, 3.05) is 0 Å². The molecule has 0 aliphatic rings. The Kier molecular flexibility index (Phi) is 3.10. The van der Waals surface area contributed by atoms with Crippen LogP contribution in [0.15, 0.2) is 36.4 Å². The summed E-state index contributed by atoms with van der Waals surface area (Å²) in [4.78, 5) is 11.1. The second-order valence-electron chi connectivity index (χ2n) is 3.98. The lowest BCUT2D eigenvalue weighted by atomic mass is 9.97. The molecule has 0 aromatic heterocycles. The number of hydrogen-bond donors (Lipinski definition) is 1. The van der Waals surface area contributed by atoms with E-state index in [1.165, 1.54) is 12.1 Å². The van der Waals surface area contributed by atoms with Crippen molar-refractivity contribution in [2.24, 2.45) is 0 Å². The molecule has 0 saturated heterocycles. The molecule has 2 nitrogen and oxygen atoms in total. The first-order valence-corrected chi connectivity index (χ1v) is 5.28. The number of carboxylic acids is 1. The van der Waals surface area contributed by atoms with Gasteiger partial charge in [-0.3, -0.25) is 0 Å². The van der Waals surface area contributed by atoms with Crippen LogP contribution in [0, 0.1) is 18.6 Å². The van der Waals surface area contributed by atoms with Gasteiger partial charge in [-0.1, -0.05) is 17.7 Å². The molecule has 0 aliphatic carbocycles. The highest BCUT2D eigenvalue weighted by Gasteiger charge is 2.15. The van der Waals surface area contributed by atoms with Crippen LogP contribution in [0.5, 0.6) is 0 Å². The predicted octanol–water partition coefficient (Wildman–Crippen LogP) is 3.64. The first-order chi connectivity index (χ1) is 8.49. The Morgan fingerprint density at radius 1 is 1.06 bits per heavy atom. The Labute approximate surface area is 103 Å². The van der Waals surface area contributed by atoms with Gasteiger partial charge >= 0.3 is 5.97 Å². The fraction of sp³-hybridized carbons (Fsp3) is 0.0714. The molecule has 0 spiro atoms. The van der Waals surface area contributed by atoms with E-state index in [1.54, 1.807) is 19.1 Å². The monoisotopic (exact) mass is 248 g/mol. The zero-order valence-corrected chi connectivity index (χ0v) is 9.58. The van der Waals surface area contributed by atoms with Crippen LogP contribution in [0.2, 0.25) is 0 Å². The fourth-order valence-corrected chi connectivity index (χ4v) is 1.78. The van der Waals surface area contributed by atoms with Crippen molar-refractivity contribution in [3.8, 4) is 11.1 Å². The van der Waals surface area contributed by atoms with E-state index in [9.17, 15) is 13.6 Å². The smallest absolute Gasteiger partial charge is 0.336 e. The van der Waals surface area contributed by atoms with Crippen molar-refractivity contribution in [1.29, 1.82) is 0 Å². The number of benzene rings is 2. The van der Waals surface area contributed by atoms with E-state index < -0.39 is 17.6 Å². The third kappa shape index (κ3) is 2.22. The van der Waals surface area contributed by atoms with Crippen molar-refractivity contribution in [3.63, 3.8) is 0 Å². The van der Waals surface area contributed by atoms with E-state index in [2.05, 4.69) is 0 Å². The fourth-order valence-electron chi connectivity index (χ4n) is 1.78. The molecule has 0 saturated carbocycles. The van der Waals surface area contributed by atoms with Crippen LogP contribution in [0.3, 0.4) is 0 Å². The normalized spacial score (nSPS) is 10.4. The molecule has 2 rings (SSSR count). The van der Waals surface area contributed by atoms with Crippen LogP contribution in [0.4, 0.5) is 8.78 Å². The molecule has 2 aromatic carbocycles. The number of carbonyl (C=O) groups is 1. The van der Waals surface area contributed by atoms with Gasteiger partial charge in [0.15, 0.2) is 0 Å². The summed E-state index contributed by atoms with van der Waals surface area (Å²) >= 11 is 0. The van der Waals surface area contributed by atoms with Crippen LogP contribution in [0.25, 0.3) is 11.1 Å². The lowest BCUT2D eigenvalue weighted by molar-refractivity contribution is 0.0697. The van der Waals surface area contributed by atoms with Crippen molar-refractivity contribution in [3.05, 3.63) is 59.2 Å². The van der Waals surface area contributed by atoms with Gasteiger partial charge in [-0.2, -0.15) is 0 Å². The van der Waals surface area contributed by atoms with E-state index in [0.29, 0.717) is 0 Å². The van der Waals surface area contributed by atoms with Gasteiger partial charge in [0, 0.05) is 11.6 Å². The van der Waals surface area contributed by atoms with E-state index in [4.69, 9.17) is 5.11 Å². The second-order valence-corrected chi connectivity index (χ2v) is 3.98. The number of halogens is 2. The maximum atomic E-state index is 13.7. The van der Waals surface area contributed by atoms with E-state index >= 15 is 0 Å². The second kappa shape index (κ2) is 4.56. The molecule has 0 unspecified atom stereocenters. The number of carboxylic acid groups (broad SMARTS) is 1. The molecule has 0 aliphatic heterocycles. The highest BCUT2D eigenvalue weighted by molar-refractivity contribution is 5.96. The topological polar surface area (TPSA) is 37.3 Å². The Morgan fingerprint density at radius 2 is 1.78 bits per heavy atom. The molecule has 18 heavy (non-hydrogen) atoms. The van der Waals surface area contributed by atoms with Gasteiger partial charge in [-0.15, -0.1) is 0 Å². The van der Waals surface area contributed by atoms with Gasteiger partial charge in [0.05, 0.1) is 5.56 Å². The van der Waals surface area contributed by atoms with E-state index in [0.717, 1.165) is 17.7 Å². The molecule has 0 bridgehead atoms. The average Bonchev–Trinajstić information content (AvgIpc) is 2.28. The van der Waals surface area contributed by atoms with Crippen molar-refractivity contribution < 1.29 is 18.7 Å². The summed E-state index contributed by atoms with van der Waals surface area (Å²) in [5.74, 6) is -2.61. The molecule has 92 valence electrons. The van der Waals surface area contributed by atoms with Gasteiger partial charge in [0.1, 0.15) is 11.6 Å². The minimum atomic E-state index is -1.14. The Morgan fingerprint density at radius 3 is 2.39 bits per heavy atom. The van der Waals surface area contributed by atoms with E-state index in [-0.39, 0.29) is 16.7 Å². The summed E-state index contributed by atoms with van der Waals surface area (Å²) in [6.07, 6.45) is 0. The van der Waals surface area contributed by atoms with Gasteiger partial charge < -0.3 is 5.11 Å². The minimum Gasteiger partial charge on any atom is -0.478 e. The van der Waals surface area contributed by atoms with Crippen LogP contribution < -0.4 is 0 Å². The molecule has 2 aromatic rings. The van der Waals surface area contributed by atoms with Crippen LogP contribution in [0.1, 0.15) is 15.9 Å². The van der Waals surface area contributed by atoms with Crippen molar-refractivity contribution in [2.45, 2.75) is 6.92 Å². The molecule has 0 amide bonds. The van der Waals surface area contributed by atoms with Gasteiger partial charge in [-0.05, 0) is 30.7 Å². The summed E-state index contributed by atoms with van der Waals surface area (Å²) in [5, 5.41) is 9.07. The zero-order chi connectivity index (χ0) is 13.3. The first kappa shape index (κ1) is 12.2. The zero-order valence-electron chi connectivity index (χ0n) is 9.58. The molecule has 0 fully saturated rings. The highest BCUT2D eigenvalue weighted by atomic mass is 19.1. The summed E-state index contributed by atoms with van der Waals surface area (Å²) in [5.41, 5.74) is 1.13. The van der Waals surface area contributed by atoms with Crippen molar-refractivity contribution in [1.82, 2.24) is 0 Å². The average molecular weight is 248 g/mol. The third-order valence-electron chi connectivity index (χ3n) is 2.63. The Balaban J connectivity index is 2.69. The lowest BCUT2D eigenvalue weighted by Crippen LogP contribution is -2.01. The minimum absolute atomic E-state index is 0.00823. The van der Waals surface area contributed by atoms with Crippen molar-refractivity contribution >= 4 is 5.97 Å². The summed E-state index contributed by atoms with van der Waals surface area (Å²) in [6.45, 7) is 1.77. The molecule has 0 atom stereocenters. The summed E-state index contributed by atoms with van der Waals surface area (Å²) in [6, 6.07) is 7.70. The molecule has 0 radical (unpaired) electrons. The summed E-state index contributed by atoms with van der Waals surface area (Å²) in [7, 11) is 0. The van der Waals surface area contributed by atoms with Crippen LogP contribution in [-0.4, -0.2) is 11.1 Å². The first-order valence-electron chi connectivity index (χ1n) is 5.28. The summed E-state index contributed by atoms with van der Waals surface area (Å²) < 4.78 is 26.5. The largest absolute Gasteiger partial charge is 0.478 e.